The lowest BCUT2D eigenvalue weighted by atomic mass is 9.96. The number of ether oxygens (including phenoxy) is 8. The Balaban J connectivity index is 2.73. The molecule has 288 valence electrons. The van der Waals surface area contributed by atoms with E-state index in [1.807, 2.05) is 0 Å². The highest BCUT2D eigenvalue weighted by molar-refractivity contribution is 5.74. The van der Waals surface area contributed by atoms with Gasteiger partial charge in [0.15, 0.2) is 18.3 Å². The lowest BCUT2D eigenvalue weighted by Gasteiger charge is -2.47. The summed E-state index contributed by atoms with van der Waals surface area (Å²) in [5.41, 5.74) is 0. The molecule has 13 atom stereocenters. The highest BCUT2D eigenvalue weighted by atomic mass is 16.8. The van der Waals surface area contributed by atoms with Crippen LogP contribution < -0.4 is 0 Å². The molecule has 16 heteroatoms. The summed E-state index contributed by atoms with van der Waals surface area (Å²) in [6, 6.07) is 0. The first-order chi connectivity index (χ1) is 23.5. The number of esters is 5. The Morgan fingerprint density at radius 3 is 1.56 bits per heavy atom. The molecule has 0 aromatic rings. The third-order valence-corrected chi connectivity index (χ3v) is 9.29. The van der Waals surface area contributed by atoms with Crippen molar-refractivity contribution < 1.29 is 77.2 Å². The fourth-order valence-electron chi connectivity index (χ4n) is 4.89. The highest BCUT2D eigenvalue weighted by Gasteiger charge is 2.61. The van der Waals surface area contributed by atoms with E-state index in [4.69, 9.17) is 37.9 Å². The Bertz CT molecular complexity index is 1150. The van der Waals surface area contributed by atoms with E-state index < -0.39 is 128 Å². The third kappa shape index (κ3) is 10.8. The highest BCUT2D eigenvalue weighted by Crippen LogP contribution is 2.39. The van der Waals surface area contributed by atoms with Crippen molar-refractivity contribution in [1.82, 2.24) is 0 Å². The van der Waals surface area contributed by atoms with Crippen LogP contribution in [0, 0.1) is 23.7 Å². The van der Waals surface area contributed by atoms with Crippen LogP contribution in [0.3, 0.4) is 0 Å². The maximum atomic E-state index is 13.4. The summed E-state index contributed by atoms with van der Waals surface area (Å²) in [5.74, 6) is -8.43. The predicted octanol–water partition coefficient (Wildman–Crippen LogP) is 1.56. The zero-order valence-corrected chi connectivity index (χ0v) is 30.5. The van der Waals surface area contributed by atoms with E-state index in [0.717, 1.165) is 6.92 Å². The van der Waals surface area contributed by atoms with Crippen LogP contribution in [0.25, 0.3) is 0 Å². The van der Waals surface area contributed by atoms with Crippen molar-refractivity contribution in [3.05, 3.63) is 0 Å². The quantitative estimate of drug-likeness (QED) is 0.135. The van der Waals surface area contributed by atoms with Gasteiger partial charge < -0.3 is 53.2 Å². The normalized spacial score (nSPS) is 31.8. The molecule has 50 heavy (non-hydrogen) atoms. The molecule has 2 heterocycles. The molecular formula is C34H56O16. The monoisotopic (exact) mass is 720 g/mol. The SMILES string of the molecule is CCC(C)C(=O)OC[C@H]1O[C@H](O[C@]2(CO)O[C@H](COC(C)=O)[C@@H](O)[C@@H]2O)[C@H](OC(=O)C(C)CC)[C@@H](OC(=O)C(C)CC)[C@@H]1OC(=O)C(C)CC. The summed E-state index contributed by atoms with van der Waals surface area (Å²) in [7, 11) is 0. The van der Waals surface area contributed by atoms with E-state index in [2.05, 4.69) is 0 Å². The van der Waals surface area contributed by atoms with Crippen molar-refractivity contribution >= 4 is 29.8 Å². The number of hydrogen-bond donors (Lipinski definition) is 3. The van der Waals surface area contributed by atoms with E-state index in [1.165, 1.54) is 0 Å². The van der Waals surface area contributed by atoms with Gasteiger partial charge in [-0.3, -0.25) is 24.0 Å². The Kier molecular flexibility index (Phi) is 17.0. The van der Waals surface area contributed by atoms with Gasteiger partial charge in [-0.05, 0) is 25.7 Å². The molecule has 2 rings (SSSR count). The van der Waals surface area contributed by atoms with Gasteiger partial charge in [0.05, 0.1) is 23.7 Å². The van der Waals surface area contributed by atoms with Gasteiger partial charge in [0.25, 0.3) is 0 Å². The molecule has 0 aromatic heterocycles. The molecule has 0 saturated carbocycles. The van der Waals surface area contributed by atoms with Crippen molar-refractivity contribution in [3.63, 3.8) is 0 Å². The van der Waals surface area contributed by atoms with Gasteiger partial charge in [0.1, 0.15) is 44.2 Å². The summed E-state index contributed by atoms with van der Waals surface area (Å²) in [4.78, 5) is 64.2. The Morgan fingerprint density at radius 1 is 0.660 bits per heavy atom. The molecule has 2 fully saturated rings. The standard InChI is InChI=1S/C34H56O16/c1-10-17(5)29(39)44-15-23-25(46-30(40)18(6)11-2)26(47-31(41)19(7)12-3)27(48-32(42)20(8)13-4)33(45-23)50-34(16-35)28(38)24(37)22(49-34)14-43-21(9)36/h17-20,22-28,33,35,37-38H,10-16H2,1-9H3/t17?,18?,19?,20?,22-,23-,24-,25-,26+,27-,28+,33-,34+/m1/s1. The largest absolute Gasteiger partial charge is 0.463 e. The summed E-state index contributed by atoms with van der Waals surface area (Å²) in [5, 5.41) is 32.4. The van der Waals surface area contributed by atoms with Crippen molar-refractivity contribution in [1.29, 1.82) is 0 Å². The smallest absolute Gasteiger partial charge is 0.309 e. The average molecular weight is 721 g/mol. The second-order valence-electron chi connectivity index (χ2n) is 13.1. The van der Waals surface area contributed by atoms with Crippen LogP contribution in [0.15, 0.2) is 0 Å². The van der Waals surface area contributed by atoms with Gasteiger partial charge in [-0.25, -0.2) is 0 Å². The van der Waals surface area contributed by atoms with Gasteiger partial charge in [-0.2, -0.15) is 0 Å². The van der Waals surface area contributed by atoms with Crippen LogP contribution in [-0.2, 0) is 61.9 Å². The fourth-order valence-corrected chi connectivity index (χ4v) is 4.89. The maximum Gasteiger partial charge on any atom is 0.309 e. The van der Waals surface area contributed by atoms with Gasteiger partial charge in [0, 0.05) is 6.92 Å². The summed E-state index contributed by atoms with van der Waals surface area (Å²) in [6.07, 6.45) is -11.6. The molecule has 0 aromatic carbocycles. The molecule has 16 nitrogen and oxygen atoms in total. The Labute approximate surface area is 293 Å². The van der Waals surface area contributed by atoms with Crippen molar-refractivity contribution in [2.45, 2.75) is 143 Å². The molecule has 3 N–H and O–H groups in total. The van der Waals surface area contributed by atoms with E-state index >= 15 is 0 Å². The molecule has 2 aliphatic rings. The number of carbonyl (C=O) groups excluding carboxylic acids is 5. The topological polar surface area (TPSA) is 220 Å². The Hall–Kier alpha value is -2.89. The molecule has 0 bridgehead atoms. The number of rotatable bonds is 18. The van der Waals surface area contributed by atoms with E-state index in [1.54, 1.807) is 55.4 Å². The minimum absolute atomic E-state index is 0.350. The van der Waals surface area contributed by atoms with Crippen LogP contribution in [0.5, 0.6) is 0 Å². The van der Waals surface area contributed by atoms with Gasteiger partial charge in [-0.15, -0.1) is 0 Å². The minimum atomic E-state index is -2.46. The van der Waals surface area contributed by atoms with Crippen LogP contribution in [-0.4, -0.2) is 120 Å². The number of carbonyl (C=O) groups is 5. The molecule has 0 aliphatic carbocycles. The number of hydrogen-bond acceptors (Lipinski definition) is 16. The molecule has 4 unspecified atom stereocenters. The first-order valence-corrected chi connectivity index (χ1v) is 17.4. The molecule has 0 spiro atoms. The number of aliphatic hydroxyl groups is 3. The lowest BCUT2D eigenvalue weighted by Crippen LogP contribution is -2.66. The second kappa shape index (κ2) is 19.6. The van der Waals surface area contributed by atoms with E-state index in [-0.39, 0.29) is 0 Å². The molecule has 0 amide bonds. The first-order valence-electron chi connectivity index (χ1n) is 17.4. The molecule has 0 radical (unpaired) electrons. The van der Waals surface area contributed by atoms with Gasteiger partial charge in [-0.1, -0.05) is 55.4 Å². The van der Waals surface area contributed by atoms with E-state index in [0.29, 0.717) is 25.7 Å². The minimum Gasteiger partial charge on any atom is -0.463 e. The summed E-state index contributed by atoms with van der Waals surface area (Å²) < 4.78 is 46.1. The summed E-state index contributed by atoms with van der Waals surface area (Å²) in [6.45, 7) is 12.5. The molecular weight excluding hydrogens is 664 g/mol. The lowest BCUT2D eigenvalue weighted by molar-refractivity contribution is -0.384. The average Bonchev–Trinajstić information content (AvgIpc) is 3.34. The van der Waals surface area contributed by atoms with Crippen LogP contribution in [0.1, 0.15) is 88.0 Å². The fraction of sp³-hybridized carbons (Fsp3) is 0.853. The number of aliphatic hydroxyl groups excluding tert-OH is 3. The van der Waals surface area contributed by atoms with Gasteiger partial charge in [0.2, 0.25) is 12.1 Å². The van der Waals surface area contributed by atoms with Crippen molar-refractivity contribution in [2.24, 2.45) is 23.7 Å². The van der Waals surface area contributed by atoms with Crippen LogP contribution in [0.2, 0.25) is 0 Å². The second-order valence-corrected chi connectivity index (χ2v) is 13.1. The third-order valence-electron chi connectivity index (χ3n) is 9.29. The summed E-state index contributed by atoms with van der Waals surface area (Å²) >= 11 is 0. The molecule has 2 saturated heterocycles. The van der Waals surface area contributed by atoms with Crippen LogP contribution in [0.4, 0.5) is 0 Å². The maximum absolute atomic E-state index is 13.4. The Morgan fingerprint density at radius 2 is 1.10 bits per heavy atom. The predicted molar refractivity (Wildman–Crippen MR) is 172 cm³/mol. The molecule has 2 aliphatic heterocycles. The van der Waals surface area contributed by atoms with Crippen LogP contribution >= 0.6 is 0 Å². The van der Waals surface area contributed by atoms with Gasteiger partial charge >= 0.3 is 29.8 Å². The van der Waals surface area contributed by atoms with Crippen molar-refractivity contribution in [3.8, 4) is 0 Å². The zero-order valence-electron chi connectivity index (χ0n) is 30.5. The van der Waals surface area contributed by atoms with E-state index in [9.17, 15) is 39.3 Å². The first kappa shape index (κ1) is 43.3. The zero-order chi connectivity index (χ0) is 37.9. The van der Waals surface area contributed by atoms with Crippen molar-refractivity contribution in [2.75, 3.05) is 19.8 Å².